The summed E-state index contributed by atoms with van der Waals surface area (Å²) < 4.78 is 0. The van der Waals surface area contributed by atoms with E-state index in [1.54, 1.807) is 0 Å². The zero-order chi connectivity index (χ0) is 12.3. The van der Waals surface area contributed by atoms with Crippen LogP contribution in [0.1, 0.15) is 13.8 Å². The number of hydrogen-bond donors (Lipinski definition) is 2. The van der Waals surface area contributed by atoms with Crippen LogP contribution in [0.5, 0.6) is 0 Å². The SMILES string of the molecule is CC(C)C1(N)C=CC=CC1Nc1ccccc1. The maximum Gasteiger partial charge on any atom is 0.0666 e. The van der Waals surface area contributed by atoms with E-state index < -0.39 is 0 Å². The Labute approximate surface area is 103 Å². The van der Waals surface area contributed by atoms with Gasteiger partial charge in [-0.1, -0.05) is 56.4 Å². The first kappa shape index (κ1) is 11.9. The average molecular weight is 228 g/mol. The van der Waals surface area contributed by atoms with E-state index in [-0.39, 0.29) is 11.6 Å². The van der Waals surface area contributed by atoms with E-state index in [4.69, 9.17) is 5.73 Å². The molecule has 2 atom stereocenters. The molecule has 1 aromatic carbocycles. The van der Waals surface area contributed by atoms with Gasteiger partial charge in [-0.05, 0) is 18.1 Å². The lowest BCUT2D eigenvalue weighted by Gasteiger charge is -2.39. The lowest BCUT2D eigenvalue weighted by molar-refractivity contribution is 0.362. The molecular formula is C15H20N2. The first-order chi connectivity index (χ1) is 8.13. The Kier molecular flexibility index (Phi) is 3.34. The number of nitrogens with two attached hydrogens (primary N) is 1. The molecule has 1 aliphatic rings. The summed E-state index contributed by atoms with van der Waals surface area (Å²) in [5.41, 5.74) is 7.27. The van der Waals surface area contributed by atoms with E-state index in [0.29, 0.717) is 5.92 Å². The van der Waals surface area contributed by atoms with Crippen LogP contribution in [0.2, 0.25) is 0 Å². The van der Waals surface area contributed by atoms with Gasteiger partial charge in [0, 0.05) is 5.69 Å². The summed E-state index contributed by atoms with van der Waals surface area (Å²) in [6.07, 6.45) is 8.31. The standard InChI is InChI=1S/C15H20N2/c1-12(2)15(16)11-7-6-10-14(15)17-13-8-4-3-5-9-13/h3-12,14,17H,16H2,1-2H3. The summed E-state index contributed by atoms with van der Waals surface area (Å²) in [5, 5.41) is 3.49. The molecule has 0 radical (unpaired) electrons. The summed E-state index contributed by atoms with van der Waals surface area (Å²) in [5.74, 6) is 0.380. The van der Waals surface area contributed by atoms with Crippen molar-refractivity contribution >= 4 is 5.69 Å². The van der Waals surface area contributed by atoms with E-state index >= 15 is 0 Å². The normalized spacial score (nSPS) is 27.4. The van der Waals surface area contributed by atoms with Crippen LogP contribution in [0.4, 0.5) is 5.69 Å². The molecule has 2 nitrogen and oxygen atoms in total. The van der Waals surface area contributed by atoms with Gasteiger partial charge in [-0.3, -0.25) is 0 Å². The van der Waals surface area contributed by atoms with Gasteiger partial charge in [0.25, 0.3) is 0 Å². The molecule has 0 aliphatic heterocycles. The van der Waals surface area contributed by atoms with Gasteiger partial charge in [0.15, 0.2) is 0 Å². The monoisotopic (exact) mass is 228 g/mol. The molecule has 1 aliphatic carbocycles. The Morgan fingerprint density at radius 1 is 1.18 bits per heavy atom. The molecule has 1 aromatic rings. The van der Waals surface area contributed by atoms with Gasteiger partial charge in [0.2, 0.25) is 0 Å². The highest BCUT2D eigenvalue weighted by Crippen LogP contribution is 2.26. The fraction of sp³-hybridized carbons (Fsp3) is 0.333. The average Bonchev–Trinajstić information content (AvgIpc) is 2.33. The van der Waals surface area contributed by atoms with E-state index in [0.717, 1.165) is 5.69 Å². The van der Waals surface area contributed by atoms with Crippen LogP contribution < -0.4 is 11.1 Å². The highest BCUT2D eigenvalue weighted by Gasteiger charge is 2.35. The van der Waals surface area contributed by atoms with Crippen molar-refractivity contribution in [3.05, 3.63) is 54.6 Å². The van der Waals surface area contributed by atoms with Crippen molar-refractivity contribution in [3.8, 4) is 0 Å². The maximum atomic E-state index is 6.49. The van der Waals surface area contributed by atoms with Crippen molar-refractivity contribution in [3.63, 3.8) is 0 Å². The number of para-hydroxylation sites is 1. The third kappa shape index (κ3) is 2.42. The van der Waals surface area contributed by atoms with Crippen molar-refractivity contribution in [1.82, 2.24) is 0 Å². The first-order valence-electron chi connectivity index (χ1n) is 6.09. The van der Waals surface area contributed by atoms with Crippen molar-refractivity contribution < 1.29 is 0 Å². The minimum atomic E-state index is -0.329. The van der Waals surface area contributed by atoms with Crippen molar-refractivity contribution in [2.24, 2.45) is 11.7 Å². The zero-order valence-corrected chi connectivity index (χ0v) is 10.4. The second kappa shape index (κ2) is 4.76. The predicted molar refractivity (Wildman–Crippen MR) is 73.9 cm³/mol. The first-order valence-corrected chi connectivity index (χ1v) is 6.09. The molecule has 2 heteroatoms. The Morgan fingerprint density at radius 3 is 2.53 bits per heavy atom. The molecule has 0 heterocycles. The number of nitrogens with one attached hydrogen (secondary N) is 1. The fourth-order valence-electron chi connectivity index (χ4n) is 2.11. The molecule has 0 saturated carbocycles. The van der Waals surface area contributed by atoms with Crippen LogP contribution in [0, 0.1) is 5.92 Å². The van der Waals surface area contributed by atoms with E-state index in [1.165, 1.54) is 0 Å². The Hall–Kier alpha value is -1.54. The highest BCUT2D eigenvalue weighted by molar-refractivity contribution is 5.47. The Balaban J connectivity index is 2.20. The number of allylic oxidation sites excluding steroid dienone is 2. The van der Waals surface area contributed by atoms with Crippen molar-refractivity contribution in [2.45, 2.75) is 25.4 Å². The topological polar surface area (TPSA) is 38.0 Å². The van der Waals surface area contributed by atoms with Crippen LogP contribution in [-0.4, -0.2) is 11.6 Å². The third-order valence-electron chi connectivity index (χ3n) is 3.43. The van der Waals surface area contributed by atoms with Gasteiger partial charge in [0.1, 0.15) is 0 Å². The molecule has 2 unspecified atom stereocenters. The van der Waals surface area contributed by atoms with Crippen LogP contribution >= 0.6 is 0 Å². The third-order valence-corrected chi connectivity index (χ3v) is 3.43. The van der Waals surface area contributed by atoms with Crippen LogP contribution in [-0.2, 0) is 0 Å². The highest BCUT2D eigenvalue weighted by atomic mass is 15.0. The van der Waals surface area contributed by atoms with Gasteiger partial charge in [-0.25, -0.2) is 0 Å². The van der Waals surface area contributed by atoms with E-state index in [9.17, 15) is 0 Å². The smallest absolute Gasteiger partial charge is 0.0666 e. The molecule has 3 N–H and O–H groups in total. The molecule has 90 valence electrons. The number of benzene rings is 1. The second-order valence-electron chi connectivity index (χ2n) is 4.89. The molecule has 2 rings (SSSR count). The Morgan fingerprint density at radius 2 is 1.88 bits per heavy atom. The number of anilines is 1. The molecule has 0 fully saturated rings. The maximum absolute atomic E-state index is 6.49. The molecule has 0 bridgehead atoms. The number of rotatable bonds is 3. The Bertz CT molecular complexity index is 420. The summed E-state index contributed by atoms with van der Waals surface area (Å²) in [4.78, 5) is 0. The minimum Gasteiger partial charge on any atom is -0.377 e. The summed E-state index contributed by atoms with van der Waals surface area (Å²) >= 11 is 0. The van der Waals surface area contributed by atoms with Gasteiger partial charge >= 0.3 is 0 Å². The molecule has 0 aromatic heterocycles. The number of hydrogen-bond acceptors (Lipinski definition) is 2. The molecule has 0 amide bonds. The second-order valence-corrected chi connectivity index (χ2v) is 4.89. The molecule has 0 saturated heterocycles. The molecular weight excluding hydrogens is 208 g/mol. The van der Waals surface area contributed by atoms with Crippen LogP contribution in [0.3, 0.4) is 0 Å². The van der Waals surface area contributed by atoms with Gasteiger partial charge in [-0.2, -0.15) is 0 Å². The summed E-state index contributed by atoms with van der Waals surface area (Å²) in [7, 11) is 0. The molecule has 0 spiro atoms. The molecule has 17 heavy (non-hydrogen) atoms. The van der Waals surface area contributed by atoms with Crippen molar-refractivity contribution in [1.29, 1.82) is 0 Å². The summed E-state index contributed by atoms with van der Waals surface area (Å²) in [6.45, 7) is 4.31. The van der Waals surface area contributed by atoms with E-state index in [2.05, 4.69) is 43.4 Å². The predicted octanol–water partition coefficient (Wildman–Crippen LogP) is 2.95. The minimum absolute atomic E-state index is 0.134. The zero-order valence-electron chi connectivity index (χ0n) is 10.4. The summed E-state index contributed by atoms with van der Waals surface area (Å²) in [6, 6.07) is 10.3. The fourth-order valence-corrected chi connectivity index (χ4v) is 2.11. The van der Waals surface area contributed by atoms with Gasteiger partial charge < -0.3 is 11.1 Å². The van der Waals surface area contributed by atoms with Gasteiger partial charge in [0.05, 0.1) is 11.6 Å². The van der Waals surface area contributed by atoms with Crippen LogP contribution in [0.25, 0.3) is 0 Å². The largest absolute Gasteiger partial charge is 0.377 e. The van der Waals surface area contributed by atoms with Crippen molar-refractivity contribution in [2.75, 3.05) is 5.32 Å². The lowest BCUT2D eigenvalue weighted by atomic mass is 9.78. The van der Waals surface area contributed by atoms with E-state index in [1.807, 2.05) is 30.4 Å². The van der Waals surface area contributed by atoms with Gasteiger partial charge in [-0.15, -0.1) is 0 Å². The quantitative estimate of drug-likeness (QED) is 0.834. The van der Waals surface area contributed by atoms with Crippen LogP contribution in [0.15, 0.2) is 54.6 Å². The lowest BCUT2D eigenvalue weighted by Crippen LogP contribution is -2.56.